The van der Waals surface area contributed by atoms with E-state index in [4.69, 9.17) is 0 Å². The number of pyridine rings is 1. The summed E-state index contributed by atoms with van der Waals surface area (Å²) in [5.41, 5.74) is 1.52. The number of aryl methyl sites for hydroxylation is 1. The lowest BCUT2D eigenvalue weighted by Gasteiger charge is -2.20. The molecule has 2 rings (SSSR count). The fourth-order valence-electron chi connectivity index (χ4n) is 2.27. The van der Waals surface area contributed by atoms with Crippen LogP contribution in [0.3, 0.4) is 0 Å². The first-order chi connectivity index (χ1) is 10.8. The fourth-order valence-corrected chi connectivity index (χ4v) is 2.27. The van der Waals surface area contributed by atoms with Gasteiger partial charge in [-0.05, 0) is 46.2 Å². The molecule has 0 aliphatic carbocycles. The van der Waals surface area contributed by atoms with Crippen molar-refractivity contribution >= 4 is 5.91 Å². The molecule has 0 bridgehead atoms. The van der Waals surface area contributed by atoms with Gasteiger partial charge in [-0.2, -0.15) is 0 Å². The summed E-state index contributed by atoms with van der Waals surface area (Å²) in [5, 5.41) is 2.89. The summed E-state index contributed by atoms with van der Waals surface area (Å²) in [4.78, 5) is 35.3. The molecule has 1 amide bonds. The number of hydrogen-bond donors (Lipinski definition) is 2. The van der Waals surface area contributed by atoms with Crippen LogP contribution in [0.1, 0.15) is 38.4 Å². The summed E-state index contributed by atoms with van der Waals surface area (Å²) in [7, 11) is 0. The summed E-state index contributed by atoms with van der Waals surface area (Å²) in [5.74, 6) is 0.437. The molecule has 0 aliphatic rings. The zero-order chi connectivity index (χ0) is 17.0. The molecule has 2 aromatic rings. The second-order valence-electron chi connectivity index (χ2n) is 6.51. The lowest BCUT2D eigenvalue weighted by molar-refractivity contribution is -0.122. The Hall–Kier alpha value is -2.50. The Kier molecular flexibility index (Phi) is 4.93. The minimum Gasteiger partial charge on any atom is -0.351 e. The van der Waals surface area contributed by atoms with Crippen molar-refractivity contribution in [3.63, 3.8) is 0 Å². The third-order valence-electron chi connectivity index (χ3n) is 3.29. The van der Waals surface area contributed by atoms with Crippen molar-refractivity contribution < 1.29 is 4.79 Å². The molecule has 0 saturated heterocycles. The quantitative estimate of drug-likeness (QED) is 0.903. The van der Waals surface area contributed by atoms with E-state index in [1.807, 2.05) is 20.8 Å². The van der Waals surface area contributed by atoms with Gasteiger partial charge in [-0.25, -0.2) is 4.98 Å². The monoisotopic (exact) mass is 314 g/mol. The van der Waals surface area contributed by atoms with E-state index in [9.17, 15) is 9.59 Å². The number of carbonyl (C=O) groups is 1. The van der Waals surface area contributed by atoms with Gasteiger partial charge in [0.1, 0.15) is 5.82 Å². The maximum atomic E-state index is 12.3. The number of nitrogens with zero attached hydrogens (tertiary/aromatic N) is 2. The van der Waals surface area contributed by atoms with Crippen LogP contribution in [0.15, 0.2) is 29.3 Å². The molecule has 0 aliphatic heterocycles. The third-order valence-corrected chi connectivity index (χ3v) is 3.29. The molecular formula is C17H22N4O2. The van der Waals surface area contributed by atoms with Gasteiger partial charge in [-0.1, -0.05) is 0 Å². The van der Waals surface area contributed by atoms with Crippen molar-refractivity contribution in [2.24, 2.45) is 0 Å². The van der Waals surface area contributed by atoms with Crippen LogP contribution >= 0.6 is 0 Å². The molecule has 0 aromatic carbocycles. The van der Waals surface area contributed by atoms with Gasteiger partial charge < -0.3 is 10.3 Å². The maximum Gasteiger partial charge on any atom is 0.254 e. The van der Waals surface area contributed by atoms with Crippen LogP contribution in [0.5, 0.6) is 0 Å². The number of amides is 1. The minimum atomic E-state index is -0.276. The lowest BCUT2D eigenvalue weighted by Crippen LogP contribution is -2.40. The SMILES string of the molecule is Cc1nc(-c2ccncc2)[nH]c(=O)c1CCC(=O)NC(C)(C)C. The standard InChI is InChI=1S/C17H22N4O2/c1-11-13(5-6-14(22)21-17(2,3)4)16(23)20-15(19-11)12-7-9-18-10-8-12/h7-10H,5-6H2,1-4H3,(H,21,22)(H,19,20,23). The molecule has 122 valence electrons. The molecule has 2 N–H and O–H groups in total. The van der Waals surface area contributed by atoms with E-state index < -0.39 is 0 Å². The average molecular weight is 314 g/mol. The van der Waals surface area contributed by atoms with Gasteiger partial charge in [-0.3, -0.25) is 14.6 Å². The number of carbonyl (C=O) groups excluding carboxylic acids is 1. The second-order valence-corrected chi connectivity index (χ2v) is 6.51. The third kappa shape index (κ3) is 4.74. The molecule has 0 spiro atoms. The van der Waals surface area contributed by atoms with Crippen molar-refractivity contribution in [1.29, 1.82) is 0 Å². The van der Waals surface area contributed by atoms with Crippen LogP contribution in [-0.2, 0) is 11.2 Å². The predicted molar refractivity (Wildman–Crippen MR) is 89.0 cm³/mol. The van der Waals surface area contributed by atoms with Gasteiger partial charge in [0.2, 0.25) is 5.91 Å². The Morgan fingerprint density at radius 2 is 1.91 bits per heavy atom. The molecule has 6 heteroatoms. The molecule has 2 aromatic heterocycles. The molecule has 0 saturated carbocycles. The summed E-state index contributed by atoms with van der Waals surface area (Å²) < 4.78 is 0. The van der Waals surface area contributed by atoms with Crippen LogP contribution in [0.2, 0.25) is 0 Å². The second kappa shape index (κ2) is 6.73. The van der Waals surface area contributed by atoms with Gasteiger partial charge in [0, 0.05) is 41.2 Å². The number of H-pyrrole nitrogens is 1. The van der Waals surface area contributed by atoms with E-state index in [2.05, 4.69) is 20.3 Å². The molecule has 0 fully saturated rings. The Morgan fingerprint density at radius 3 is 2.48 bits per heavy atom. The molecule has 0 atom stereocenters. The molecule has 23 heavy (non-hydrogen) atoms. The average Bonchev–Trinajstić information content (AvgIpc) is 2.45. The summed E-state index contributed by atoms with van der Waals surface area (Å²) >= 11 is 0. The highest BCUT2D eigenvalue weighted by atomic mass is 16.1. The van der Waals surface area contributed by atoms with Crippen LogP contribution in [0.25, 0.3) is 11.4 Å². The minimum absolute atomic E-state index is 0.0745. The van der Waals surface area contributed by atoms with Crippen molar-refractivity contribution in [2.45, 2.75) is 46.1 Å². The number of nitrogens with one attached hydrogen (secondary N) is 2. The van der Waals surface area contributed by atoms with E-state index in [1.165, 1.54) is 0 Å². The van der Waals surface area contributed by atoms with Gasteiger partial charge in [0.15, 0.2) is 0 Å². The summed E-state index contributed by atoms with van der Waals surface area (Å²) in [6.45, 7) is 7.56. The fraction of sp³-hybridized carbons (Fsp3) is 0.412. The van der Waals surface area contributed by atoms with E-state index in [1.54, 1.807) is 31.5 Å². The normalized spacial score (nSPS) is 11.3. The molecule has 2 heterocycles. The highest BCUT2D eigenvalue weighted by molar-refractivity contribution is 5.76. The first-order valence-electron chi connectivity index (χ1n) is 7.57. The Balaban J connectivity index is 2.16. The summed E-state index contributed by atoms with van der Waals surface area (Å²) in [6, 6.07) is 3.57. The number of aromatic amines is 1. The van der Waals surface area contributed by atoms with Crippen molar-refractivity contribution in [3.05, 3.63) is 46.1 Å². The number of aromatic nitrogens is 3. The van der Waals surface area contributed by atoms with Crippen LogP contribution in [-0.4, -0.2) is 26.4 Å². The highest BCUT2D eigenvalue weighted by Gasteiger charge is 2.15. The van der Waals surface area contributed by atoms with Crippen LogP contribution in [0.4, 0.5) is 0 Å². The van der Waals surface area contributed by atoms with E-state index in [0.717, 1.165) is 5.56 Å². The predicted octanol–water partition coefficient (Wildman–Crippen LogP) is 1.99. The van der Waals surface area contributed by atoms with Gasteiger partial charge in [0.25, 0.3) is 5.56 Å². The smallest absolute Gasteiger partial charge is 0.254 e. The molecular weight excluding hydrogens is 292 g/mol. The van der Waals surface area contributed by atoms with E-state index in [0.29, 0.717) is 23.5 Å². The number of hydrogen-bond acceptors (Lipinski definition) is 4. The highest BCUT2D eigenvalue weighted by Crippen LogP contribution is 2.13. The Bertz CT molecular complexity index is 745. The van der Waals surface area contributed by atoms with Crippen molar-refractivity contribution in [2.75, 3.05) is 0 Å². The lowest BCUT2D eigenvalue weighted by atomic mass is 10.1. The largest absolute Gasteiger partial charge is 0.351 e. The topological polar surface area (TPSA) is 87.7 Å². The van der Waals surface area contributed by atoms with Crippen molar-refractivity contribution in [3.8, 4) is 11.4 Å². The first kappa shape index (κ1) is 16.9. The molecule has 6 nitrogen and oxygen atoms in total. The Labute approximate surface area is 135 Å². The van der Waals surface area contributed by atoms with Gasteiger partial charge in [0.05, 0.1) is 0 Å². The first-order valence-corrected chi connectivity index (χ1v) is 7.57. The van der Waals surface area contributed by atoms with Gasteiger partial charge >= 0.3 is 0 Å². The van der Waals surface area contributed by atoms with Gasteiger partial charge in [-0.15, -0.1) is 0 Å². The van der Waals surface area contributed by atoms with E-state index in [-0.39, 0.29) is 23.4 Å². The molecule has 0 radical (unpaired) electrons. The van der Waals surface area contributed by atoms with Crippen LogP contribution < -0.4 is 10.9 Å². The zero-order valence-corrected chi connectivity index (χ0v) is 13.9. The van der Waals surface area contributed by atoms with Crippen LogP contribution in [0, 0.1) is 6.92 Å². The summed E-state index contributed by atoms with van der Waals surface area (Å²) in [6.07, 6.45) is 3.93. The zero-order valence-electron chi connectivity index (χ0n) is 13.9. The Morgan fingerprint density at radius 1 is 1.26 bits per heavy atom. The van der Waals surface area contributed by atoms with E-state index >= 15 is 0 Å². The molecule has 0 unspecified atom stereocenters. The van der Waals surface area contributed by atoms with Crippen molar-refractivity contribution in [1.82, 2.24) is 20.3 Å². The number of rotatable bonds is 4. The maximum absolute atomic E-state index is 12.3.